The van der Waals surface area contributed by atoms with Gasteiger partial charge in [-0.3, -0.25) is 0 Å². The van der Waals surface area contributed by atoms with Gasteiger partial charge in [0.15, 0.2) is 0 Å². The molecule has 25 heavy (non-hydrogen) atoms. The summed E-state index contributed by atoms with van der Waals surface area (Å²) < 4.78 is 2.21. The second kappa shape index (κ2) is 7.10. The lowest BCUT2D eigenvalue weighted by atomic mass is 10.0. The van der Waals surface area contributed by atoms with Gasteiger partial charge in [0.1, 0.15) is 5.15 Å². The van der Waals surface area contributed by atoms with Crippen LogP contribution in [-0.4, -0.2) is 14.7 Å². The Morgan fingerprint density at radius 2 is 1.92 bits per heavy atom. The number of nitrogens with zero attached hydrogens (tertiary/aromatic N) is 3. The maximum Gasteiger partial charge on any atom is 0.134 e. The van der Waals surface area contributed by atoms with E-state index in [1.807, 2.05) is 30.3 Å². The Hall–Kier alpha value is -2.61. The van der Waals surface area contributed by atoms with Crippen LogP contribution in [0, 0.1) is 25.2 Å². The van der Waals surface area contributed by atoms with Crippen molar-refractivity contribution in [2.45, 2.75) is 27.0 Å². The number of halogens is 1. The molecule has 0 bridgehead atoms. The summed E-state index contributed by atoms with van der Waals surface area (Å²) in [6, 6.07) is 13.8. The van der Waals surface area contributed by atoms with Crippen molar-refractivity contribution in [2.75, 3.05) is 0 Å². The number of hydrogen-bond donors (Lipinski definition) is 1. The molecule has 0 unspecified atom stereocenters. The summed E-state index contributed by atoms with van der Waals surface area (Å²) >= 11 is 5.97. The van der Waals surface area contributed by atoms with Crippen LogP contribution in [0.2, 0.25) is 5.15 Å². The fourth-order valence-corrected chi connectivity index (χ4v) is 3.15. The number of pyridine rings is 1. The predicted octanol–water partition coefficient (Wildman–Crippen LogP) is 4.23. The first-order valence-corrected chi connectivity index (χ1v) is 8.32. The van der Waals surface area contributed by atoms with Crippen LogP contribution in [0.1, 0.15) is 28.1 Å². The summed E-state index contributed by atoms with van der Waals surface area (Å²) in [5.74, 6) is 0. The summed E-state index contributed by atoms with van der Waals surface area (Å²) in [6.07, 6.45) is 1.74. The first kappa shape index (κ1) is 17.2. The minimum Gasteiger partial charge on any atom is -0.392 e. The normalized spacial score (nSPS) is 10.7. The van der Waals surface area contributed by atoms with E-state index in [0.717, 1.165) is 28.1 Å². The van der Waals surface area contributed by atoms with Crippen LogP contribution >= 0.6 is 11.6 Å². The molecule has 0 atom stereocenters. The van der Waals surface area contributed by atoms with Crippen molar-refractivity contribution in [2.24, 2.45) is 0 Å². The highest BCUT2D eigenvalue weighted by molar-refractivity contribution is 6.30. The van der Waals surface area contributed by atoms with Gasteiger partial charge in [-0.05, 0) is 49.2 Å². The number of aromatic nitrogens is 2. The molecule has 3 rings (SSSR count). The molecule has 2 aromatic heterocycles. The summed E-state index contributed by atoms with van der Waals surface area (Å²) in [6.45, 7) is 4.68. The van der Waals surface area contributed by atoms with Crippen molar-refractivity contribution in [3.8, 4) is 17.2 Å². The molecule has 1 N–H and O–H groups in total. The fourth-order valence-electron chi connectivity index (χ4n) is 2.98. The monoisotopic (exact) mass is 351 g/mol. The van der Waals surface area contributed by atoms with E-state index >= 15 is 0 Å². The zero-order chi connectivity index (χ0) is 18.0. The third kappa shape index (κ3) is 3.43. The lowest BCUT2D eigenvalue weighted by Gasteiger charge is -2.11. The molecule has 0 spiro atoms. The van der Waals surface area contributed by atoms with E-state index in [4.69, 9.17) is 16.9 Å². The van der Waals surface area contributed by atoms with Crippen LogP contribution in [0.3, 0.4) is 0 Å². The van der Waals surface area contributed by atoms with Gasteiger partial charge in [0.2, 0.25) is 0 Å². The van der Waals surface area contributed by atoms with Crippen molar-refractivity contribution in [1.29, 1.82) is 5.26 Å². The smallest absolute Gasteiger partial charge is 0.134 e. The first-order valence-electron chi connectivity index (χ1n) is 7.95. The molecule has 2 heterocycles. The molecule has 0 aliphatic heterocycles. The van der Waals surface area contributed by atoms with Crippen molar-refractivity contribution >= 4 is 11.6 Å². The number of rotatable bonds is 4. The zero-order valence-corrected chi connectivity index (χ0v) is 14.9. The second-order valence-electron chi connectivity index (χ2n) is 6.01. The summed E-state index contributed by atoms with van der Waals surface area (Å²) in [7, 11) is 0. The molecule has 0 radical (unpaired) electrons. The van der Waals surface area contributed by atoms with Crippen LogP contribution in [0.25, 0.3) is 11.1 Å². The van der Waals surface area contributed by atoms with E-state index in [1.165, 1.54) is 0 Å². The number of aryl methyl sites for hydroxylation is 1. The Morgan fingerprint density at radius 3 is 2.56 bits per heavy atom. The molecule has 126 valence electrons. The maximum atomic E-state index is 9.36. The molecule has 0 saturated heterocycles. The van der Waals surface area contributed by atoms with Crippen LogP contribution in [0.15, 0.2) is 42.6 Å². The van der Waals surface area contributed by atoms with Crippen LogP contribution in [0.4, 0.5) is 0 Å². The molecule has 0 fully saturated rings. The Balaban J connectivity index is 1.95. The largest absolute Gasteiger partial charge is 0.392 e. The lowest BCUT2D eigenvalue weighted by molar-refractivity contribution is 0.281. The topological polar surface area (TPSA) is 61.8 Å². The summed E-state index contributed by atoms with van der Waals surface area (Å²) in [5.41, 5.74) is 6.78. The molecular formula is C20H18ClN3O. The van der Waals surface area contributed by atoms with Gasteiger partial charge >= 0.3 is 0 Å². The van der Waals surface area contributed by atoms with Gasteiger partial charge in [0.25, 0.3) is 0 Å². The van der Waals surface area contributed by atoms with Crippen molar-refractivity contribution in [3.63, 3.8) is 0 Å². The lowest BCUT2D eigenvalue weighted by Crippen LogP contribution is -2.05. The SMILES string of the molecule is Cc1cc(-c2ccc(C#N)cc2)c(C)n1Cc1cnc(Cl)c(CO)c1. The van der Waals surface area contributed by atoms with E-state index in [2.05, 4.69) is 35.5 Å². The zero-order valence-electron chi connectivity index (χ0n) is 14.1. The number of nitriles is 1. The number of benzene rings is 1. The average molecular weight is 352 g/mol. The van der Waals surface area contributed by atoms with E-state index < -0.39 is 0 Å². The molecule has 0 aliphatic rings. The predicted molar refractivity (Wildman–Crippen MR) is 98.3 cm³/mol. The molecule has 0 saturated carbocycles. The molecule has 0 amide bonds. The van der Waals surface area contributed by atoms with E-state index in [-0.39, 0.29) is 6.61 Å². The average Bonchev–Trinajstić information content (AvgIpc) is 2.91. The van der Waals surface area contributed by atoms with E-state index in [0.29, 0.717) is 22.8 Å². The summed E-state index contributed by atoms with van der Waals surface area (Å²) in [4.78, 5) is 4.15. The Bertz CT molecular complexity index is 952. The van der Waals surface area contributed by atoms with Crippen molar-refractivity contribution in [1.82, 2.24) is 9.55 Å². The number of aliphatic hydroxyl groups excluding tert-OH is 1. The Labute approximate surface area is 151 Å². The van der Waals surface area contributed by atoms with Gasteiger partial charge in [-0.25, -0.2) is 4.98 Å². The minimum atomic E-state index is -0.125. The molecular weight excluding hydrogens is 334 g/mol. The first-order chi connectivity index (χ1) is 12.0. The highest BCUT2D eigenvalue weighted by atomic mass is 35.5. The highest BCUT2D eigenvalue weighted by Crippen LogP contribution is 2.28. The van der Waals surface area contributed by atoms with Gasteiger partial charge in [-0.1, -0.05) is 23.7 Å². The second-order valence-corrected chi connectivity index (χ2v) is 6.37. The highest BCUT2D eigenvalue weighted by Gasteiger charge is 2.12. The van der Waals surface area contributed by atoms with Gasteiger partial charge < -0.3 is 9.67 Å². The molecule has 5 heteroatoms. The quantitative estimate of drug-likeness (QED) is 0.715. The third-order valence-electron chi connectivity index (χ3n) is 4.38. The minimum absolute atomic E-state index is 0.125. The van der Waals surface area contributed by atoms with Crippen molar-refractivity contribution in [3.05, 3.63) is 75.8 Å². The standard InChI is InChI=1S/C20H18ClN3O/c1-13-7-19(17-5-3-15(9-22)4-6-17)14(2)24(13)11-16-8-18(12-25)20(21)23-10-16/h3-8,10,25H,11-12H2,1-2H3. The molecule has 1 aromatic carbocycles. The Kier molecular flexibility index (Phi) is 4.89. The molecule has 4 nitrogen and oxygen atoms in total. The summed E-state index contributed by atoms with van der Waals surface area (Å²) in [5, 5.41) is 18.6. The molecule has 3 aromatic rings. The van der Waals surface area contributed by atoms with Gasteiger partial charge in [-0.15, -0.1) is 0 Å². The van der Waals surface area contributed by atoms with Crippen LogP contribution in [0.5, 0.6) is 0 Å². The third-order valence-corrected chi connectivity index (χ3v) is 4.72. The van der Waals surface area contributed by atoms with E-state index in [9.17, 15) is 5.11 Å². The number of aliphatic hydroxyl groups is 1. The maximum absolute atomic E-state index is 9.36. The van der Waals surface area contributed by atoms with E-state index in [1.54, 1.807) is 6.20 Å². The van der Waals surface area contributed by atoms with Crippen molar-refractivity contribution < 1.29 is 5.11 Å². The van der Waals surface area contributed by atoms with Gasteiger partial charge in [0.05, 0.1) is 18.2 Å². The fraction of sp³-hybridized carbons (Fsp3) is 0.200. The molecule has 0 aliphatic carbocycles. The van der Waals surface area contributed by atoms with Gasteiger partial charge in [0, 0.05) is 35.3 Å². The number of hydrogen-bond acceptors (Lipinski definition) is 3. The Morgan fingerprint density at radius 1 is 1.20 bits per heavy atom. The van der Waals surface area contributed by atoms with Gasteiger partial charge in [-0.2, -0.15) is 5.26 Å². The van der Waals surface area contributed by atoms with Crippen LogP contribution in [-0.2, 0) is 13.2 Å². The van der Waals surface area contributed by atoms with Crippen LogP contribution < -0.4 is 0 Å².